The Kier molecular flexibility index (Phi) is 6.12. The van der Waals surface area contributed by atoms with Crippen molar-refractivity contribution in [2.45, 2.75) is 34.6 Å². The topological polar surface area (TPSA) is 73.2 Å². The number of phenolic OH excluding ortho intramolecular Hbond substituents is 3. The molecule has 0 atom stereocenters. The van der Waals surface area contributed by atoms with Crippen molar-refractivity contribution >= 4 is 17.1 Å². The standard InChI is InChI=1S/C29H29NO4/c1-17-12-19(3)28(32)15-25(17)30(26-16-29(33)20(4)13-18(26)2)22-6-8-23(9-7-22)34-24-10-11-27(31)21(5)14-24/h6-16,31-33H,1-5H3. The van der Waals surface area contributed by atoms with Gasteiger partial charge in [-0.15, -0.1) is 0 Å². The summed E-state index contributed by atoms with van der Waals surface area (Å²) in [6.07, 6.45) is 0. The highest BCUT2D eigenvalue weighted by molar-refractivity contribution is 5.82. The Labute approximate surface area is 200 Å². The van der Waals surface area contributed by atoms with Crippen LogP contribution in [0.25, 0.3) is 0 Å². The van der Waals surface area contributed by atoms with Gasteiger partial charge in [-0.1, -0.05) is 12.1 Å². The van der Waals surface area contributed by atoms with Crippen molar-refractivity contribution in [2.24, 2.45) is 0 Å². The van der Waals surface area contributed by atoms with Gasteiger partial charge in [0.1, 0.15) is 28.7 Å². The van der Waals surface area contributed by atoms with Crippen molar-refractivity contribution in [2.75, 3.05) is 4.90 Å². The second-order valence-electron chi connectivity index (χ2n) is 8.73. The largest absolute Gasteiger partial charge is 0.508 e. The van der Waals surface area contributed by atoms with Crippen LogP contribution in [0.15, 0.2) is 66.7 Å². The molecule has 0 saturated carbocycles. The fourth-order valence-electron chi connectivity index (χ4n) is 4.04. The van der Waals surface area contributed by atoms with Gasteiger partial charge in [0.15, 0.2) is 0 Å². The summed E-state index contributed by atoms with van der Waals surface area (Å²) in [5.74, 6) is 1.94. The highest BCUT2D eigenvalue weighted by Gasteiger charge is 2.19. The lowest BCUT2D eigenvalue weighted by molar-refractivity contribution is 0.460. The van der Waals surface area contributed by atoms with Crippen molar-refractivity contribution in [3.63, 3.8) is 0 Å². The van der Waals surface area contributed by atoms with Crippen LogP contribution in [0.2, 0.25) is 0 Å². The molecule has 0 radical (unpaired) electrons. The molecule has 0 fully saturated rings. The number of rotatable bonds is 5. The molecule has 0 heterocycles. The number of aromatic hydroxyl groups is 3. The van der Waals surface area contributed by atoms with E-state index in [-0.39, 0.29) is 17.2 Å². The van der Waals surface area contributed by atoms with Crippen molar-refractivity contribution in [1.82, 2.24) is 0 Å². The van der Waals surface area contributed by atoms with E-state index in [1.54, 1.807) is 30.3 Å². The first-order chi connectivity index (χ1) is 16.1. The molecule has 174 valence electrons. The van der Waals surface area contributed by atoms with Gasteiger partial charge in [0.2, 0.25) is 0 Å². The number of hydrogen-bond acceptors (Lipinski definition) is 5. The molecule has 4 aromatic rings. The Bertz CT molecular complexity index is 1300. The Balaban J connectivity index is 1.79. The summed E-state index contributed by atoms with van der Waals surface area (Å²) in [7, 11) is 0. The Hall–Kier alpha value is -4.12. The molecule has 34 heavy (non-hydrogen) atoms. The van der Waals surface area contributed by atoms with E-state index in [9.17, 15) is 15.3 Å². The second-order valence-corrected chi connectivity index (χ2v) is 8.73. The molecule has 0 aliphatic carbocycles. The molecule has 0 aromatic heterocycles. The minimum Gasteiger partial charge on any atom is -0.508 e. The quantitative estimate of drug-likeness (QED) is 0.289. The number of phenols is 3. The fraction of sp³-hybridized carbons (Fsp3) is 0.172. The van der Waals surface area contributed by atoms with Gasteiger partial charge < -0.3 is 25.0 Å². The first-order valence-electron chi connectivity index (χ1n) is 11.1. The molecular weight excluding hydrogens is 426 g/mol. The SMILES string of the molecule is Cc1cc(Oc2ccc(N(c3cc(O)c(C)cc3C)c3cc(O)c(C)cc3C)cc2)ccc1O. The Morgan fingerprint density at radius 2 is 0.971 bits per heavy atom. The molecule has 0 unspecified atom stereocenters. The van der Waals surface area contributed by atoms with E-state index in [4.69, 9.17) is 4.74 Å². The lowest BCUT2D eigenvalue weighted by atomic mass is 10.0. The normalized spacial score (nSPS) is 10.9. The van der Waals surface area contributed by atoms with Gasteiger partial charge in [-0.3, -0.25) is 0 Å². The average Bonchev–Trinajstić information content (AvgIpc) is 2.79. The first-order valence-corrected chi connectivity index (χ1v) is 11.1. The predicted octanol–water partition coefficient (Wildman–Crippen LogP) is 7.61. The summed E-state index contributed by atoms with van der Waals surface area (Å²) in [5, 5.41) is 30.7. The number of nitrogens with zero attached hydrogens (tertiary/aromatic N) is 1. The van der Waals surface area contributed by atoms with Crippen LogP contribution >= 0.6 is 0 Å². The molecule has 0 amide bonds. The summed E-state index contributed by atoms with van der Waals surface area (Å²) in [6.45, 7) is 9.57. The van der Waals surface area contributed by atoms with Crippen LogP contribution in [0.5, 0.6) is 28.7 Å². The maximum Gasteiger partial charge on any atom is 0.127 e. The van der Waals surface area contributed by atoms with Gasteiger partial charge in [0.25, 0.3) is 0 Å². The lowest BCUT2D eigenvalue weighted by Crippen LogP contribution is -2.13. The number of ether oxygens (including phenoxy) is 1. The van der Waals surface area contributed by atoms with E-state index < -0.39 is 0 Å². The molecule has 0 aliphatic heterocycles. The van der Waals surface area contributed by atoms with Crippen molar-refractivity contribution in [1.29, 1.82) is 0 Å². The number of aryl methyl sites for hydroxylation is 5. The Morgan fingerprint density at radius 1 is 0.500 bits per heavy atom. The molecule has 3 N–H and O–H groups in total. The Morgan fingerprint density at radius 3 is 1.47 bits per heavy atom. The minimum atomic E-state index is 0.210. The van der Waals surface area contributed by atoms with Gasteiger partial charge in [-0.05, 0) is 105 Å². The third kappa shape index (κ3) is 4.50. The minimum absolute atomic E-state index is 0.210. The van der Waals surface area contributed by atoms with Gasteiger partial charge in [0, 0.05) is 17.8 Å². The highest BCUT2D eigenvalue weighted by Crippen LogP contribution is 2.43. The molecule has 5 heteroatoms. The zero-order valence-corrected chi connectivity index (χ0v) is 20.0. The predicted molar refractivity (Wildman–Crippen MR) is 136 cm³/mol. The van der Waals surface area contributed by atoms with E-state index >= 15 is 0 Å². The first kappa shape index (κ1) is 23.1. The van der Waals surface area contributed by atoms with Gasteiger partial charge in [0.05, 0.1) is 11.4 Å². The van der Waals surface area contributed by atoms with Crippen LogP contribution in [-0.4, -0.2) is 15.3 Å². The van der Waals surface area contributed by atoms with Crippen LogP contribution in [0.4, 0.5) is 17.1 Å². The maximum absolute atomic E-state index is 10.5. The van der Waals surface area contributed by atoms with Crippen LogP contribution in [0.1, 0.15) is 27.8 Å². The van der Waals surface area contributed by atoms with E-state index in [1.165, 1.54) is 0 Å². The summed E-state index contributed by atoms with van der Waals surface area (Å²) in [6, 6.07) is 20.2. The van der Waals surface area contributed by atoms with Crippen LogP contribution in [-0.2, 0) is 0 Å². The molecule has 5 nitrogen and oxygen atoms in total. The third-order valence-corrected chi connectivity index (χ3v) is 6.01. The van der Waals surface area contributed by atoms with Crippen molar-refractivity contribution < 1.29 is 20.1 Å². The number of anilines is 3. The smallest absolute Gasteiger partial charge is 0.127 e. The summed E-state index contributed by atoms with van der Waals surface area (Å²) in [5.41, 5.74) is 6.82. The van der Waals surface area contributed by atoms with Gasteiger partial charge in [-0.25, -0.2) is 0 Å². The van der Waals surface area contributed by atoms with Crippen LogP contribution in [0, 0.1) is 34.6 Å². The van der Waals surface area contributed by atoms with E-state index in [1.807, 2.05) is 75.9 Å². The zero-order valence-electron chi connectivity index (χ0n) is 20.0. The molecule has 0 bridgehead atoms. The van der Waals surface area contributed by atoms with E-state index in [0.29, 0.717) is 11.5 Å². The average molecular weight is 456 g/mol. The number of benzene rings is 4. The van der Waals surface area contributed by atoms with E-state index in [2.05, 4.69) is 0 Å². The molecule has 0 spiro atoms. The van der Waals surface area contributed by atoms with Crippen molar-refractivity contribution in [3.8, 4) is 28.7 Å². The zero-order chi connectivity index (χ0) is 24.6. The van der Waals surface area contributed by atoms with Crippen molar-refractivity contribution in [3.05, 3.63) is 94.5 Å². The number of hydrogen-bond donors (Lipinski definition) is 3. The fourth-order valence-corrected chi connectivity index (χ4v) is 4.04. The highest BCUT2D eigenvalue weighted by atomic mass is 16.5. The van der Waals surface area contributed by atoms with Gasteiger partial charge in [-0.2, -0.15) is 0 Å². The van der Waals surface area contributed by atoms with Crippen LogP contribution < -0.4 is 9.64 Å². The second kappa shape index (κ2) is 9.02. The molecular formula is C29H29NO4. The molecule has 0 aliphatic rings. The van der Waals surface area contributed by atoms with Gasteiger partial charge >= 0.3 is 0 Å². The molecule has 0 saturated heterocycles. The van der Waals surface area contributed by atoms with Crippen LogP contribution in [0.3, 0.4) is 0 Å². The summed E-state index contributed by atoms with van der Waals surface area (Å²) >= 11 is 0. The summed E-state index contributed by atoms with van der Waals surface area (Å²) < 4.78 is 5.97. The third-order valence-electron chi connectivity index (χ3n) is 6.01. The maximum atomic E-state index is 10.5. The van der Waals surface area contributed by atoms with E-state index in [0.717, 1.165) is 44.9 Å². The lowest BCUT2D eigenvalue weighted by Gasteiger charge is -2.29. The monoisotopic (exact) mass is 455 g/mol. The summed E-state index contributed by atoms with van der Waals surface area (Å²) in [4.78, 5) is 2.03. The molecule has 4 rings (SSSR count). The molecule has 4 aromatic carbocycles.